The highest BCUT2D eigenvalue weighted by atomic mass is 19.1. The van der Waals surface area contributed by atoms with Gasteiger partial charge in [-0.2, -0.15) is 5.21 Å². The highest BCUT2D eigenvalue weighted by Crippen LogP contribution is 2.23. The molecule has 0 unspecified atom stereocenters. The van der Waals surface area contributed by atoms with Crippen molar-refractivity contribution in [3.8, 4) is 5.75 Å². The molecule has 0 saturated carbocycles. The van der Waals surface area contributed by atoms with E-state index < -0.39 is 17.3 Å². The fraction of sp³-hybridized carbons (Fsp3) is 0.333. The van der Waals surface area contributed by atoms with Gasteiger partial charge >= 0.3 is 0 Å². The van der Waals surface area contributed by atoms with E-state index in [0.717, 1.165) is 5.56 Å². The summed E-state index contributed by atoms with van der Waals surface area (Å²) >= 11 is 0. The number of halogens is 1. The molecule has 0 atom stereocenters. The summed E-state index contributed by atoms with van der Waals surface area (Å²) in [6.07, 6.45) is 0. The Morgan fingerprint density at radius 2 is 2.20 bits per heavy atom. The number of tetrazole rings is 1. The van der Waals surface area contributed by atoms with E-state index >= 15 is 0 Å². The van der Waals surface area contributed by atoms with E-state index in [0.29, 0.717) is 0 Å². The van der Waals surface area contributed by atoms with Crippen LogP contribution in [0.4, 0.5) is 10.3 Å². The Kier molecular flexibility index (Phi) is 3.64. The molecule has 0 aliphatic heterocycles. The van der Waals surface area contributed by atoms with E-state index in [1.807, 2.05) is 0 Å². The number of aromatic amines is 1. The number of benzene rings is 1. The van der Waals surface area contributed by atoms with Crippen LogP contribution in [0.5, 0.6) is 5.75 Å². The van der Waals surface area contributed by atoms with E-state index in [1.165, 1.54) is 26.0 Å². The van der Waals surface area contributed by atoms with Gasteiger partial charge in [0, 0.05) is 0 Å². The largest absolute Gasteiger partial charge is 0.475 e. The highest BCUT2D eigenvalue weighted by molar-refractivity contribution is 5.95. The molecule has 7 nitrogen and oxygen atoms in total. The minimum Gasteiger partial charge on any atom is -0.475 e. The van der Waals surface area contributed by atoms with E-state index in [4.69, 9.17) is 4.74 Å². The molecular weight excluding hydrogens is 265 g/mol. The van der Waals surface area contributed by atoms with Gasteiger partial charge in [-0.1, -0.05) is 11.2 Å². The molecule has 20 heavy (non-hydrogen) atoms. The van der Waals surface area contributed by atoms with Gasteiger partial charge in [0.05, 0.1) is 0 Å². The monoisotopic (exact) mass is 279 g/mol. The number of hydrogen-bond acceptors (Lipinski definition) is 5. The van der Waals surface area contributed by atoms with Crippen molar-refractivity contribution in [1.29, 1.82) is 0 Å². The number of nitrogens with one attached hydrogen (secondary N) is 2. The van der Waals surface area contributed by atoms with Crippen LogP contribution in [0.15, 0.2) is 18.2 Å². The first kappa shape index (κ1) is 13.9. The number of nitrogens with zero attached hydrogens (tertiary/aromatic N) is 3. The van der Waals surface area contributed by atoms with E-state index in [1.54, 1.807) is 13.0 Å². The van der Waals surface area contributed by atoms with Crippen molar-refractivity contribution in [2.24, 2.45) is 0 Å². The number of aryl methyl sites for hydroxylation is 1. The summed E-state index contributed by atoms with van der Waals surface area (Å²) < 4.78 is 19.2. The van der Waals surface area contributed by atoms with Gasteiger partial charge in [0.2, 0.25) is 0 Å². The molecule has 1 aromatic heterocycles. The van der Waals surface area contributed by atoms with Crippen LogP contribution in [-0.4, -0.2) is 32.1 Å². The summed E-state index contributed by atoms with van der Waals surface area (Å²) in [5, 5.41) is 15.1. The van der Waals surface area contributed by atoms with Crippen molar-refractivity contribution in [2.75, 3.05) is 5.32 Å². The van der Waals surface area contributed by atoms with Crippen LogP contribution in [0.2, 0.25) is 0 Å². The molecule has 106 valence electrons. The summed E-state index contributed by atoms with van der Waals surface area (Å²) in [6, 6.07) is 4.52. The normalized spacial score (nSPS) is 11.2. The van der Waals surface area contributed by atoms with Crippen LogP contribution in [0.3, 0.4) is 0 Å². The third kappa shape index (κ3) is 3.08. The molecule has 0 aliphatic carbocycles. The first-order chi connectivity index (χ1) is 9.38. The molecule has 8 heteroatoms. The number of aromatic nitrogens is 4. The summed E-state index contributed by atoms with van der Waals surface area (Å²) in [4.78, 5) is 12.0. The van der Waals surface area contributed by atoms with Crippen LogP contribution in [0.1, 0.15) is 19.4 Å². The molecular formula is C12H14FN5O2. The van der Waals surface area contributed by atoms with Gasteiger partial charge in [0.15, 0.2) is 17.2 Å². The first-order valence-corrected chi connectivity index (χ1v) is 5.88. The van der Waals surface area contributed by atoms with Crippen LogP contribution in [-0.2, 0) is 4.79 Å². The molecule has 1 aromatic carbocycles. The zero-order chi connectivity index (χ0) is 14.8. The second-order valence-corrected chi connectivity index (χ2v) is 4.74. The molecule has 2 N–H and O–H groups in total. The van der Waals surface area contributed by atoms with Gasteiger partial charge in [0.1, 0.15) is 0 Å². The van der Waals surface area contributed by atoms with Gasteiger partial charge in [-0.25, -0.2) is 4.39 Å². The number of carbonyl (C=O) groups is 1. The number of H-pyrrole nitrogens is 1. The Morgan fingerprint density at radius 3 is 2.80 bits per heavy atom. The molecule has 0 bridgehead atoms. The quantitative estimate of drug-likeness (QED) is 0.883. The summed E-state index contributed by atoms with van der Waals surface area (Å²) in [7, 11) is 0. The number of ether oxygens (including phenoxy) is 1. The topological polar surface area (TPSA) is 92.8 Å². The zero-order valence-corrected chi connectivity index (χ0v) is 11.3. The lowest BCUT2D eigenvalue weighted by molar-refractivity contribution is -0.128. The van der Waals surface area contributed by atoms with E-state index in [2.05, 4.69) is 25.9 Å². The third-order valence-corrected chi connectivity index (χ3v) is 2.57. The Balaban J connectivity index is 2.11. The number of rotatable bonds is 4. The maximum absolute atomic E-state index is 13.7. The molecule has 0 radical (unpaired) electrons. The predicted molar refractivity (Wildman–Crippen MR) is 68.7 cm³/mol. The van der Waals surface area contributed by atoms with E-state index in [9.17, 15) is 9.18 Å². The molecule has 2 rings (SSSR count). The van der Waals surface area contributed by atoms with Crippen molar-refractivity contribution >= 4 is 11.9 Å². The lowest BCUT2D eigenvalue weighted by Crippen LogP contribution is -2.43. The molecule has 0 spiro atoms. The minimum atomic E-state index is -1.29. The Morgan fingerprint density at radius 1 is 1.45 bits per heavy atom. The molecule has 1 amide bonds. The Bertz CT molecular complexity index is 612. The van der Waals surface area contributed by atoms with Crippen molar-refractivity contribution in [3.05, 3.63) is 29.6 Å². The number of anilines is 1. The lowest BCUT2D eigenvalue weighted by atomic mass is 10.1. The average molecular weight is 279 g/mol. The van der Waals surface area contributed by atoms with Crippen LogP contribution in [0, 0.1) is 12.7 Å². The molecule has 0 aliphatic rings. The van der Waals surface area contributed by atoms with Crippen LogP contribution >= 0.6 is 0 Å². The van der Waals surface area contributed by atoms with Crippen molar-refractivity contribution < 1.29 is 13.9 Å². The highest BCUT2D eigenvalue weighted by Gasteiger charge is 2.31. The summed E-state index contributed by atoms with van der Waals surface area (Å²) in [6.45, 7) is 4.80. The average Bonchev–Trinajstić information content (AvgIpc) is 2.85. The number of amides is 1. The van der Waals surface area contributed by atoms with Gasteiger partial charge in [0.25, 0.3) is 11.9 Å². The van der Waals surface area contributed by atoms with Crippen molar-refractivity contribution in [3.63, 3.8) is 0 Å². The van der Waals surface area contributed by atoms with Gasteiger partial charge in [-0.15, -0.1) is 5.10 Å². The fourth-order valence-electron chi connectivity index (χ4n) is 1.48. The van der Waals surface area contributed by atoms with Gasteiger partial charge < -0.3 is 4.74 Å². The van der Waals surface area contributed by atoms with E-state index in [-0.39, 0.29) is 11.7 Å². The summed E-state index contributed by atoms with van der Waals surface area (Å²) in [5.74, 6) is -1.01. The molecule has 0 fully saturated rings. The summed E-state index contributed by atoms with van der Waals surface area (Å²) in [5.41, 5.74) is -0.527. The molecule has 2 aromatic rings. The second kappa shape index (κ2) is 5.24. The van der Waals surface area contributed by atoms with Gasteiger partial charge in [-0.05, 0) is 43.7 Å². The van der Waals surface area contributed by atoms with Crippen molar-refractivity contribution in [2.45, 2.75) is 26.4 Å². The van der Waals surface area contributed by atoms with Gasteiger partial charge in [-0.3, -0.25) is 10.1 Å². The standard InChI is InChI=1S/C12H14FN5O2/c1-7-4-5-9(8(13)6-7)20-12(2,3)10(19)14-11-15-17-18-16-11/h4-6H,1-3H3,(H2,14,15,16,17,18,19). The Labute approximate surface area is 114 Å². The third-order valence-electron chi connectivity index (χ3n) is 2.57. The maximum atomic E-state index is 13.7. The van der Waals surface area contributed by atoms with Crippen molar-refractivity contribution in [1.82, 2.24) is 20.6 Å². The smallest absolute Gasteiger partial charge is 0.270 e. The molecule has 0 saturated heterocycles. The fourth-order valence-corrected chi connectivity index (χ4v) is 1.48. The Hall–Kier alpha value is -2.51. The number of carbonyl (C=O) groups excluding carboxylic acids is 1. The maximum Gasteiger partial charge on any atom is 0.270 e. The zero-order valence-electron chi connectivity index (χ0n) is 11.3. The predicted octanol–water partition coefficient (Wildman–Crippen LogP) is 1.44. The second-order valence-electron chi connectivity index (χ2n) is 4.74. The first-order valence-electron chi connectivity index (χ1n) is 5.88. The minimum absolute atomic E-state index is 0.00358. The van der Waals surface area contributed by atoms with Crippen LogP contribution < -0.4 is 10.1 Å². The lowest BCUT2D eigenvalue weighted by Gasteiger charge is -2.24. The van der Waals surface area contributed by atoms with Crippen LogP contribution in [0.25, 0.3) is 0 Å². The molecule has 1 heterocycles. The number of hydrogen-bond donors (Lipinski definition) is 2. The SMILES string of the molecule is Cc1ccc(OC(C)(C)C(=O)Nc2nn[nH]n2)c(F)c1.